The van der Waals surface area contributed by atoms with Crippen molar-refractivity contribution in [2.75, 3.05) is 25.0 Å². The lowest BCUT2D eigenvalue weighted by atomic mass is 9.97. The van der Waals surface area contributed by atoms with Gasteiger partial charge in [0.05, 0.1) is 4.92 Å². The van der Waals surface area contributed by atoms with Gasteiger partial charge in [-0.15, -0.1) is 0 Å². The molecule has 0 radical (unpaired) electrons. The number of hydrogen-bond acceptors (Lipinski definition) is 5. The van der Waals surface area contributed by atoms with Gasteiger partial charge in [0.15, 0.2) is 0 Å². The van der Waals surface area contributed by atoms with Gasteiger partial charge in [-0.25, -0.2) is 0 Å². The zero-order chi connectivity index (χ0) is 21.5. The van der Waals surface area contributed by atoms with Gasteiger partial charge < -0.3 is 15.3 Å². The number of aliphatic hydroxyl groups is 1. The van der Waals surface area contributed by atoms with Gasteiger partial charge in [0, 0.05) is 49.2 Å². The lowest BCUT2D eigenvalue weighted by molar-refractivity contribution is -0.384. The van der Waals surface area contributed by atoms with E-state index in [1.54, 1.807) is 41.3 Å². The second kappa shape index (κ2) is 9.80. The number of aliphatic hydroxyl groups excluding tert-OH is 1. The van der Waals surface area contributed by atoms with Crippen LogP contribution in [0.2, 0.25) is 0 Å². The average molecular weight is 409 g/mol. The number of carbonyl (C=O) groups is 2. The molecule has 1 saturated heterocycles. The van der Waals surface area contributed by atoms with Crippen molar-refractivity contribution in [3.05, 3.63) is 75.8 Å². The molecule has 2 amide bonds. The zero-order valence-electron chi connectivity index (χ0n) is 16.4. The van der Waals surface area contributed by atoms with E-state index in [0.717, 1.165) is 12.8 Å². The molecule has 1 aliphatic heterocycles. The highest BCUT2D eigenvalue weighted by molar-refractivity contribution is 6.03. The van der Waals surface area contributed by atoms with Gasteiger partial charge in [-0.3, -0.25) is 19.7 Å². The van der Waals surface area contributed by atoms with Crippen molar-refractivity contribution in [3.63, 3.8) is 0 Å². The van der Waals surface area contributed by atoms with Gasteiger partial charge >= 0.3 is 0 Å². The molecule has 1 fully saturated rings. The van der Waals surface area contributed by atoms with Crippen molar-refractivity contribution in [2.45, 2.75) is 12.8 Å². The Hall–Kier alpha value is -3.52. The van der Waals surface area contributed by atoms with Crippen LogP contribution < -0.4 is 5.32 Å². The molecule has 0 bridgehead atoms. The molecule has 0 spiro atoms. The summed E-state index contributed by atoms with van der Waals surface area (Å²) >= 11 is 0. The number of piperidine rings is 1. The second-order valence-corrected chi connectivity index (χ2v) is 7.17. The first kappa shape index (κ1) is 21.2. The molecule has 3 rings (SSSR count). The van der Waals surface area contributed by atoms with E-state index in [1.807, 2.05) is 0 Å². The number of nitrogens with one attached hydrogen (secondary N) is 1. The Labute approximate surface area is 174 Å². The van der Waals surface area contributed by atoms with Crippen molar-refractivity contribution in [1.29, 1.82) is 0 Å². The molecular formula is C22H23N3O5. The minimum absolute atomic E-state index is 0.0493. The van der Waals surface area contributed by atoms with Crippen LogP contribution in [-0.4, -0.2) is 46.4 Å². The molecule has 8 nitrogen and oxygen atoms in total. The summed E-state index contributed by atoms with van der Waals surface area (Å²) in [7, 11) is 0. The quantitative estimate of drug-likeness (QED) is 0.432. The first-order valence-corrected chi connectivity index (χ1v) is 9.70. The van der Waals surface area contributed by atoms with Crippen LogP contribution in [0.3, 0.4) is 0 Å². The number of anilines is 1. The highest BCUT2D eigenvalue weighted by Gasteiger charge is 2.23. The van der Waals surface area contributed by atoms with E-state index in [2.05, 4.69) is 5.32 Å². The van der Waals surface area contributed by atoms with E-state index < -0.39 is 10.8 Å². The zero-order valence-corrected chi connectivity index (χ0v) is 16.4. The Morgan fingerprint density at radius 3 is 2.60 bits per heavy atom. The minimum atomic E-state index is -0.494. The van der Waals surface area contributed by atoms with Gasteiger partial charge in [0.2, 0.25) is 5.91 Å². The minimum Gasteiger partial charge on any atom is -0.396 e. The molecular weight excluding hydrogens is 386 g/mol. The van der Waals surface area contributed by atoms with E-state index in [-0.39, 0.29) is 24.1 Å². The number of nitro groups is 1. The highest BCUT2D eigenvalue weighted by Crippen LogP contribution is 2.20. The van der Waals surface area contributed by atoms with E-state index in [9.17, 15) is 24.8 Å². The van der Waals surface area contributed by atoms with Crippen LogP contribution in [0.15, 0.2) is 54.6 Å². The summed E-state index contributed by atoms with van der Waals surface area (Å²) in [6.45, 7) is 1.35. The number of hydrogen-bond donors (Lipinski definition) is 2. The predicted molar refractivity (Wildman–Crippen MR) is 113 cm³/mol. The summed E-state index contributed by atoms with van der Waals surface area (Å²) in [5, 5.41) is 22.8. The lowest BCUT2D eigenvalue weighted by Crippen LogP contribution is -2.39. The summed E-state index contributed by atoms with van der Waals surface area (Å²) < 4.78 is 0. The molecule has 30 heavy (non-hydrogen) atoms. The first-order chi connectivity index (χ1) is 14.5. The first-order valence-electron chi connectivity index (χ1n) is 9.70. The van der Waals surface area contributed by atoms with Gasteiger partial charge in [0.25, 0.3) is 11.6 Å². The predicted octanol–water partition coefficient (Wildman–Crippen LogP) is 3.09. The molecule has 0 atom stereocenters. The molecule has 8 heteroatoms. The summed E-state index contributed by atoms with van der Waals surface area (Å²) in [5.41, 5.74) is 1.46. The SMILES string of the molecule is O=C(/C=C/c1cccc([N+](=O)[O-])c1)Nc1cccc(C(=O)N2CCC(CO)CC2)c1. The van der Waals surface area contributed by atoms with Crippen LogP contribution in [0.4, 0.5) is 11.4 Å². The topological polar surface area (TPSA) is 113 Å². The van der Waals surface area contributed by atoms with Crippen LogP contribution in [0.1, 0.15) is 28.8 Å². The van der Waals surface area contributed by atoms with Crippen molar-refractivity contribution in [1.82, 2.24) is 4.90 Å². The monoisotopic (exact) mass is 409 g/mol. The maximum atomic E-state index is 12.7. The molecule has 0 aromatic heterocycles. The lowest BCUT2D eigenvalue weighted by Gasteiger charge is -2.31. The Morgan fingerprint density at radius 1 is 1.17 bits per heavy atom. The van der Waals surface area contributed by atoms with Crippen molar-refractivity contribution in [3.8, 4) is 0 Å². The van der Waals surface area contributed by atoms with Crippen LogP contribution in [0.25, 0.3) is 6.08 Å². The molecule has 2 aromatic rings. The van der Waals surface area contributed by atoms with Gasteiger partial charge in [-0.05, 0) is 48.6 Å². The number of amides is 2. The van der Waals surface area contributed by atoms with Crippen molar-refractivity contribution >= 4 is 29.3 Å². The molecule has 2 N–H and O–H groups in total. The Kier molecular flexibility index (Phi) is 6.92. The van der Waals surface area contributed by atoms with E-state index in [4.69, 9.17) is 0 Å². The third-order valence-corrected chi connectivity index (χ3v) is 5.05. The number of rotatable bonds is 6. The van der Waals surface area contributed by atoms with E-state index >= 15 is 0 Å². The molecule has 0 aliphatic carbocycles. The number of carbonyl (C=O) groups excluding carboxylic acids is 2. The maximum absolute atomic E-state index is 12.7. The molecule has 1 heterocycles. The van der Waals surface area contributed by atoms with Gasteiger partial charge in [-0.1, -0.05) is 18.2 Å². The van der Waals surface area contributed by atoms with Gasteiger partial charge in [-0.2, -0.15) is 0 Å². The standard InChI is InChI=1S/C22H23N3O5/c26-15-17-9-11-24(12-10-17)22(28)18-4-2-5-19(14-18)23-21(27)8-7-16-3-1-6-20(13-16)25(29)30/h1-8,13-14,17,26H,9-12,15H2,(H,23,27)/b8-7+. The number of likely N-dealkylation sites (tertiary alicyclic amines) is 1. The molecule has 156 valence electrons. The van der Waals surface area contributed by atoms with E-state index in [1.165, 1.54) is 24.3 Å². The fourth-order valence-corrected chi connectivity index (χ4v) is 3.33. The van der Waals surface area contributed by atoms with Crippen molar-refractivity contribution < 1.29 is 19.6 Å². The third-order valence-electron chi connectivity index (χ3n) is 5.05. The average Bonchev–Trinajstić information content (AvgIpc) is 2.77. The smallest absolute Gasteiger partial charge is 0.270 e. The summed E-state index contributed by atoms with van der Waals surface area (Å²) in [4.78, 5) is 37.0. The fourth-order valence-electron chi connectivity index (χ4n) is 3.33. The Morgan fingerprint density at radius 2 is 1.90 bits per heavy atom. The number of non-ortho nitro benzene ring substituents is 1. The highest BCUT2D eigenvalue weighted by atomic mass is 16.6. The second-order valence-electron chi connectivity index (χ2n) is 7.17. The molecule has 0 saturated carbocycles. The Bertz CT molecular complexity index is 965. The third kappa shape index (κ3) is 5.51. The fraction of sp³-hybridized carbons (Fsp3) is 0.273. The van der Waals surface area contributed by atoms with Crippen LogP contribution >= 0.6 is 0 Å². The summed E-state index contributed by atoms with van der Waals surface area (Å²) in [6.07, 6.45) is 4.33. The maximum Gasteiger partial charge on any atom is 0.270 e. The summed E-state index contributed by atoms with van der Waals surface area (Å²) in [5.74, 6) is -0.262. The number of benzene rings is 2. The molecule has 0 unspecified atom stereocenters. The van der Waals surface area contributed by atoms with Crippen LogP contribution in [0.5, 0.6) is 0 Å². The van der Waals surface area contributed by atoms with Crippen LogP contribution in [0, 0.1) is 16.0 Å². The largest absolute Gasteiger partial charge is 0.396 e. The Balaban J connectivity index is 1.62. The number of nitrogens with zero attached hydrogens (tertiary/aromatic N) is 2. The van der Waals surface area contributed by atoms with Crippen molar-refractivity contribution in [2.24, 2.45) is 5.92 Å². The molecule has 2 aromatic carbocycles. The summed E-state index contributed by atoms with van der Waals surface area (Å²) in [6, 6.07) is 12.7. The number of nitro benzene ring substituents is 1. The van der Waals surface area contributed by atoms with Crippen LogP contribution in [-0.2, 0) is 4.79 Å². The van der Waals surface area contributed by atoms with E-state index in [0.29, 0.717) is 29.9 Å². The normalized spacial score (nSPS) is 14.6. The molecule has 1 aliphatic rings. The van der Waals surface area contributed by atoms with Gasteiger partial charge in [0.1, 0.15) is 0 Å².